The molecule has 3 heteroatoms. The second kappa shape index (κ2) is 10.4. The lowest BCUT2D eigenvalue weighted by atomic mass is 10.0. The van der Waals surface area contributed by atoms with Crippen molar-refractivity contribution in [2.75, 3.05) is 19.2 Å². The minimum absolute atomic E-state index is 0.322. The predicted molar refractivity (Wildman–Crippen MR) is 79.5 cm³/mol. The van der Waals surface area contributed by atoms with Crippen molar-refractivity contribution in [2.45, 2.75) is 38.5 Å². The molecule has 0 saturated carbocycles. The molecule has 0 radical (unpaired) electrons. The van der Waals surface area contributed by atoms with Crippen molar-refractivity contribution in [3.8, 4) is 5.75 Å². The summed E-state index contributed by atoms with van der Waals surface area (Å²) in [5, 5.41) is 1.13. The molecule has 18 heavy (non-hydrogen) atoms. The summed E-state index contributed by atoms with van der Waals surface area (Å²) in [6.45, 7) is 0.322. The molecular weight excluding hydrogens is 292 g/mol. The van der Waals surface area contributed by atoms with Crippen molar-refractivity contribution in [1.29, 1.82) is 0 Å². The van der Waals surface area contributed by atoms with Crippen LogP contribution in [0.1, 0.15) is 37.7 Å². The Morgan fingerprint density at radius 3 is 2.50 bits per heavy atom. The maximum Gasteiger partial charge on any atom is 0.188 e. The summed E-state index contributed by atoms with van der Waals surface area (Å²) < 4.78 is 10.5. The zero-order valence-electron chi connectivity index (χ0n) is 11.2. The molecule has 0 aliphatic rings. The number of halogens is 1. The molecule has 0 unspecified atom stereocenters. The van der Waals surface area contributed by atoms with Crippen LogP contribution in [0.5, 0.6) is 5.75 Å². The Balaban J connectivity index is 2.27. The van der Waals surface area contributed by atoms with E-state index in [-0.39, 0.29) is 0 Å². The van der Waals surface area contributed by atoms with Gasteiger partial charge < -0.3 is 9.47 Å². The summed E-state index contributed by atoms with van der Waals surface area (Å²) in [5.41, 5.74) is 1.29. The van der Waals surface area contributed by atoms with E-state index in [0.717, 1.165) is 17.5 Å². The van der Waals surface area contributed by atoms with Crippen molar-refractivity contribution in [1.82, 2.24) is 0 Å². The SMILES string of the molecule is COCOc1ccccc1CCCCCCCBr. The van der Waals surface area contributed by atoms with Crippen LogP contribution in [0.25, 0.3) is 0 Å². The molecule has 0 aromatic heterocycles. The first-order valence-electron chi connectivity index (χ1n) is 6.64. The second-order valence-electron chi connectivity index (χ2n) is 4.37. The third-order valence-electron chi connectivity index (χ3n) is 2.88. The number of para-hydroxylation sites is 1. The van der Waals surface area contributed by atoms with Crippen molar-refractivity contribution in [3.63, 3.8) is 0 Å². The number of unbranched alkanes of at least 4 members (excludes halogenated alkanes) is 4. The van der Waals surface area contributed by atoms with E-state index in [1.165, 1.54) is 37.7 Å². The number of alkyl halides is 1. The van der Waals surface area contributed by atoms with E-state index in [1.54, 1.807) is 7.11 Å². The maximum absolute atomic E-state index is 5.55. The number of aryl methyl sites for hydroxylation is 1. The van der Waals surface area contributed by atoms with Gasteiger partial charge in [0.1, 0.15) is 5.75 Å². The van der Waals surface area contributed by atoms with E-state index in [9.17, 15) is 0 Å². The minimum Gasteiger partial charge on any atom is -0.467 e. The topological polar surface area (TPSA) is 18.5 Å². The van der Waals surface area contributed by atoms with Crippen molar-refractivity contribution in [3.05, 3.63) is 29.8 Å². The molecule has 0 N–H and O–H groups in total. The molecule has 1 aromatic carbocycles. The van der Waals surface area contributed by atoms with E-state index in [4.69, 9.17) is 9.47 Å². The van der Waals surface area contributed by atoms with Crippen LogP contribution in [-0.2, 0) is 11.2 Å². The van der Waals surface area contributed by atoms with Crippen molar-refractivity contribution in [2.24, 2.45) is 0 Å². The lowest BCUT2D eigenvalue weighted by Crippen LogP contribution is -2.01. The summed E-state index contributed by atoms with van der Waals surface area (Å²) in [5.74, 6) is 0.958. The third kappa shape index (κ3) is 6.41. The lowest BCUT2D eigenvalue weighted by Gasteiger charge is -2.10. The van der Waals surface area contributed by atoms with Gasteiger partial charge in [0.2, 0.25) is 0 Å². The second-order valence-corrected chi connectivity index (χ2v) is 5.16. The molecule has 0 amide bonds. The first-order valence-corrected chi connectivity index (χ1v) is 7.76. The molecule has 0 spiro atoms. The average Bonchev–Trinajstić information content (AvgIpc) is 2.41. The minimum atomic E-state index is 0.322. The van der Waals surface area contributed by atoms with E-state index in [0.29, 0.717) is 6.79 Å². The predicted octanol–water partition coefficient (Wildman–Crippen LogP) is 4.56. The van der Waals surface area contributed by atoms with Gasteiger partial charge in [-0.25, -0.2) is 0 Å². The normalized spacial score (nSPS) is 10.6. The first-order chi connectivity index (χ1) is 8.88. The van der Waals surface area contributed by atoms with Crippen LogP contribution in [0.2, 0.25) is 0 Å². The molecule has 1 aromatic rings. The summed E-state index contributed by atoms with van der Waals surface area (Å²) in [7, 11) is 1.65. The van der Waals surface area contributed by atoms with Crippen LogP contribution in [0.15, 0.2) is 24.3 Å². The van der Waals surface area contributed by atoms with Crippen LogP contribution < -0.4 is 4.74 Å². The van der Waals surface area contributed by atoms with Crippen molar-refractivity contribution >= 4 is 15.9 Å². The van der Waals surface area contributed by atoms with Gasteiger partial charge >= 0.3 is 0 Å². The highest BCUT2D eigenvalue weighted by atomic mass is 79.9. The van der Waals surface area contributed by atoms with Gasteiger partial charge in [0.05, 0.1) is 0 Å². The Morgan fingerprint density at radius 1 is 1.00 bits per heavy atom. The van der Waals surface area contributed by atoms with Gasteiger partial charge in [0.25, 0.3) is 0 Å². The number of benzene rings is 1. The van der Waals surface area contributed by atoms with Gasteiger partial charge in [0.15, 0.2) is 6.79 Å². The van der Waals surface area contributed by atoms with Gasteiger partial charge in [-0.15, -0.1) is 0 Å². The average molecular weight is 315 g/mol. The Bertz CT molecular complexity index is 315. The number of ether oxygens (including phenoxy) is 2. The van der Waals surface area contributed by atoms with Crippen LogP contribution in [0, 0.1) is 0 Å². The first kappa shape index (κ1) is 15.5. The number of hydrogen-bond donors (Lipinski definition) is 0. The van der Waals surface area contributed by atoms with Gasteiger partial charge in [-0.05, 0) is 30.9 Å². The number of hydrogen-bond acceptors (Lipinski definition) is 2. The summed E-state index contributed by atoms with van der Waals surface area (Å²) in [4.78, 5) is 0. The highest BCUT2D eigenvalue weighted by Gasteiger charge is 2.02. The fraction of sp³-hybridized carbons (Fsp3) is 0.600. The summed E-state index contributed by atoms with van der Waals surface area (Å²) >= 11 is 3.46. The number of rotatable bonds is 10. The summed E-state index contributed by atoms with van der Waals surface area (Å²) in [6, 6.07) is 8.23. The molecule has 0 bridgehead atoms. The lowest BCUT2D eigenvalue weighted by molar-refractivity contribution is 0.0504. The molecule has 0 heterocycles. The Kier molecular flexibility index (Phi) is 8.96. The smallest absolute Gasteiger partial charge is 0.188 e. The van der Waals surface area contributed by atoms with E-state index < -0.39 is 0 Å². The zero-order valence-corrected chi connectivity index (χ0v) is 12.7. The van der Waals surface area contributed by atoms with E-state index >= 15 is 0 Å². The third-order valence-corrected chi connectivity index (χ3v) is 3.45. The van der Waals surface area contributed by atoms with Gasteiger partial charge in [-0.2, -0.15) is 0 Å². The van der Waals surface area contributed by atoms with E-state index in [2.05, 4.69) is 28.1 Å². The highest BCUT2D eigenvalue weighted by Crippen LogP contribution is 2.20. The van der Waals surface area contributed by atoms with Crippen molar-refractivity contribution < 1.29 is 9.47 Å². The Morgan fingerprint density at radius 2 is 1.72 bits per heavy atom. The quantitative estimate of drug-likeness (QED) is 0.358. The molecule has 0 aliphatic heterocycles. The Labute approximate surface area is 119 Å². The molecule has 0 saturated heterocycles. The summed E-state index contributed by atoms with van der Waals surface area (Å²) in [6.07, 6.45) is 7.56. The van der Waals surface area contributed by atoms with Crippen LogP contribution >= 0.6 is 15.9 Å². The number of methoxy groups -OCH3 is 1. The maximum atomic E-state index is 5.55. The standard InChI is InChI=1S/C15H23BrO2/c1-17-13-18-15-11-7-6-10-14(15)9-5-3-2-4-8-12-16/h6-7,10-11H,2-5,8-9,12-13H2,1H3. The molecular formula is C15H23BrO2. The largest absolute Gasteiger partial charge is 0.467 e. The molecule has 0 aliphatic carbocycles. The van der Waals surface area contributed by atoms with Gasteiger partial charge in [-0.1, -0.05) is 53.4 Å². The van der Waals surface area contributed by atoms with Crippen LogP contribution in [0.4, 0.5) is 0 Å². The zero-order chi connectivity index (χ0) is 13.1. The fourth-order valence-electron chi connectivity index (χ4n) is 1.91. The monoisotopic (exact) mass is 314 g/mol. The van der Waals surface area contributed by atoms with Gasteiger partial charge in [0, 0.05) is 12.4 Å². The molecule has 2 nitrogen and oxygen atoms in total. The fourth-order valence-corrected chi connectivity index (χ4v) is 2.31. The molecule has 0 fully saturated rings. The molecule has 0 atom stereocenters. The van der Waals surface area contributed by atoms with Gasteiger partial charge in [-0.3, -0.25) is 0 Å². The highest BCUT2D eigenvalue weighted by molar-refractivity contribution is 9.09. The molecule has 1 rings (SSSR count). The van der Waals surface area contributed by atoms with Crippen LogP contribution in [0.3, 0.4) is 0 Å². The van der Waals surface area contributed by atoms with E-state index in [1.807, 2.05) is 12.1 Å². The van der Waals surface area contributed by atoms with Crippen LogP contribution in [-0.4, -0.2) is 19.2 Å². The Hall–Kier alpha value is -0.540. The molecule has 102 valence electrons.